The van der Waals surface area contributed by atoms with Crippen molar-refractivity contribution < 1.29 is 4.74 Å². The third-order valence-corrected chi connectivity index (χ3v) is 4.53. The van der Waals surface area contributed by atoms with E-state index in [1.165, 1.54) is 37.7 Å². The van der Waals surface area contributed by atoms with Gasteiger partial charge in [-0.2, -0.15) is 0 Å². The Morgan fingerprint density at radius 1 is 1.29 bits per heavy atom. The number of hydrogen-bond acceptors (Lipinski definition) is 2. The lowest BCUT2D eigenvalue weighted by Gasteiger charge is -2.25. The summed E-state index contributed by atoms with van der Waals surface area (Å²) in [5.41, 5.74) is 2.62. The van der Waals surface area contributed by atoms with Gasteiger partial charge in [0.1, 0.15) is 0 Å². The highest BCUT2D eigenvalue weighted by atomic mass is 35.5. The number of methoxy groups -OCH3 is 1. The number of nitrogens with one attached hydrogen (secondary N) is 1. The van der Waals surface area contributed by atoms with Crippen molar-refractivity contribution in [2.45, 2.75) is 32.1 Å². The van der Waals surface area contributed by atoms with Crippen molar-refractivity contribution in [1.82, 2.24) is 5.32 Å². The summed E-state index contributed by atoms with van der Waals surface area (Å²) in [6, 6.07) is 8.09. The van der Waals surface area contributed by atoms with Crippen molar-refractivity contribution in [3.8, 4) is 0 Å². The van der Waals surface area contributed by atoms with Gasteiger partial charge in [-0.1, -0.05) is 60.7 Å². The molecule has 0 heterocycles. The second-order valence-corrected chi connectivity index (χ2v) is 6.15. The van der Waals surface area contributed by atoms with E-state index < -0.39 is 0 Å². The van der Waals surface area contributed by atoms with Crippen LogP contribution in [0.15, 0.2) is 29.8 Å². The van der Waals surface area contributed by atoms with Gasteiger partial charge in [-0.25, -0.2) is 0 Å². The van der Waals surface area contributed by atoms with Gasteiger partial charge in [0.05, 0.1) is 6.61 Å². The van der Waals surface area contributed by atoms with Gasteiger partial charge in [0.15, 0.2) is 0 Å². The predicted octanol–water partition coefficient (Wildman–Crippen LogP) is 4.54. The molecule has 2 rings (SSSR count). The van der Waals surface area contributed by atoms with Crippen molar-refractivity contribution in [1.29, 1.82) is 0 Å². The third-order valence-electron chi connectivity index (χ3n) is 4.19. The molecule has 1 saturated carbocycles. The first-order valence-electron chi connectivity index (χ1n) is 7.96. The topological polar surface area (TPSA) is 21.3 Å². The Labute approximate surface area is 133 Å². The number of ether oxygens (including phenoxy) is 1. The molecule has 1 fully saturated rings. The lowest BCUT2D eigenvalue weighted by Crippen LogP contribution is -2.25. The van der Waals surface area contributed by atoms with Crippen LogP contribution in [0.25, 0.3) is 6.08 Å². The molecule has 0 aliphatic heterocycles. The molecule has 3 heteroatoms. The van der Waals surface area contributed by atoms with Crippen LogP contribution < -0.4 is 5.32 Å². The molecule has 1 aliphatic rings. The highest BCUT2D eigenvalue weighted by Crippen LogP contribution is 2.31. The van der Waals surface area contributed by atoms with Crippen molar-refractivity contribution in [3.63, 3.8) is 0 Å². The van der Waals surface area contributed by atoms with Gasteiger partial charge in [0.2, 0.25) is 0 Å². The van der Waals surface area contributed by atoms with E-state index in [1.807, 2.05) is 12.1 Å². The minimum atomic E-state index is 0.699. The van der Waals surface area contributed by atoms with Crippen molar-refractivity contribution in [2.24, 2.45) is 5.92 Å². The van der Waals surface area contributed by atoms with Gasteiger partial charge in [-0.15, -0.1) is 0 Å². The summed E-state index contributed by atoms with van der Waals surface area (Å²) in [5.74, 6) is 0.699. The van der Waals surface area contributed by atoms with Gasteiger partial charge < -0.3 is 10.1 Å². The first-order chi connectivity index (χ1) is 10.3. The maximum absolute atomic E-state index is 6.31. The number of hydrogen-bond donors (Lipinski definition) is 1. The Morgan fingerprint density at radius 3 is 2.76 bits per heavy atom. The Morgan fingerprint density at radius 2 is 2.05 bits per heavy atom. The zero-order valence-corrected chi connectivity index (χ0v) is 13.7. The zero-order valence-electron chi connectivity index (χ0n) is 12.9. The third kappa shape index (κ3) is 5.46. The SMILES string of the molecule is COCCNC/C(=C/c1ccccc1Cl)C1CCCCC1. The fraction of sp³-hybridized carbons (Fsp3) is 0.556. The quantitative estimate of drug-likeness (QED) is 0.747. The molecular formula is C18H26ClNO. The molecule has 116 valence electrons. The summed E-state index contributed by atoms with van der Waals surface area (Å²) in [6.07, 6.45) is 8.99. The summed E-state index contributed by atoms with van der Waals surface area (Å²) in [5, 5.41) is 4.32. The Kier molecular flexibility index (Phi) is 7.28. The molecule has 0 spiro atoms. The lowest BCUT2D eigenvalue weighted by molar-refractivity contribution is 0.200. The predicted molar refractivity (Wildman–Crippen MR) is 90.7 cm³/mol. The first kappa shape index (κ1) is 16.5. The maximum atomic E-state index is 6.31. The highest BCUT2D eigenvalue weighted by Gasteiger charge is 2.17. The van der Waals surface area contributed by atoms with Crippen LogP contribution in [-0.2, 0) is 4.74 Å². The second-order valence-electron chi connectivity index (χ2n) is 5.75. The molecule has 0 atom stereocenters. The molecule has 1 aliphatic carbocycles. The Hall–Kier alpha value is -0.830. The van der Waals surface area contributed by atoms with Crippen LogP contribution in [0, 0.1) is 5.92 Å². The molecule has 1 aromatic rings. The van der Waals surface area contributed by atoms with E-state index in [2.05, 4.69) is 23.5 Å². The van der Waals surface area contributed by atoms with Crippen LogP contribution >= 0.6 is 11.6 Å². The van der Waals surface area contributed by atoms with Gasteiger partial charge in [0, 0.05) is 25.2 Å². The molecular weight excluding hydrogens is 282 g/mol. The smallest absolute Gasteiger partial charge is 0.0587 e. The first-order valence-corrected chi connectivity index (χ1v) is 8.33. The van der Waals surface area contributed by atoms with Crippen LogP contribution in [0.5, 0.6) is 0 Å². The zero-order chi connectivity index (χ0) is 14.9. The lowest BCUT2D eigenvalue weighted by atomic mass is 9.83. The molecule has 21 heavy (non-hydrogen) atoms. The van der Waals surface area contributed by atoms with Gasteiger partial charge >= 0.3 is 0 Å². The van der Waals surface area contributed by atoms with E-state index in [9.17, 15) is 0 Å². The van der Waals surface area contributed by atoms with E-state index in [0.29, 0.717) is 5.92 Å². The number of rotatable bonds is 7. The maximum Gasteiger partial charge on any atom is 0.0587 e. The second kappa shape index (κ2) is 9.24. The molecule has 1 aromatic carbocycles. The van der Waals surface area contributed by atoms with Crippen LogP contribution in [0.1, 0.15) is 37.7 Å². The average Bonchev–Trinajstić information content (AvgIpc) is 2.53. The van der Waals surface area contributed by atoms with Crippen LogP contribution in [0.2, 0.25) is 5.02 Å². The summed E-state index contributed by atoms with van der Waals surface area (Å²) in [6.45, 7) is 2.58. The largest absolute Gasteiger partial charge is 0.383 e. The molecule has 0 amide bonds. The summed E-state index contributed by atoms with van der Waals surface area (Å²) in [7, 11) is 1.74. The fourth-order valence-corrected chi connectivity index (χ4v) is 3.18. The normalized spacial score (nSPS) is 17.1. The molecule has 2 nitrogen and oxygen atoms in total. The van der Waals surface area contributed by atoms with E-state index >= 15 is 0 Å². The number of halogens is 1. The van der Waals surface area contributed by atoms with Crippen LogP contribution in [-0.4, -0.2) is 26.8 Å². The van der Waals surface area contributed by atoms with Crippen LogP contribution in [0.4, 0.5) is 0 Å². The minimum Gasteiger partial charge on any atom is -0.383 e. The van der Waals surface area contributed by atoms with E-state index in [1.54, 1.807) is 7.11 Å². The van der Waals surface area contributed by atoms with Crippen molar-refractivity contribution in [3.05, 3.63) is 40.4 Å². The Balaban J connectivity index is 2.08. The van der Waals surface area contributed by atoms with Gasteiger partial charge in [-0.3, -0.25) is 0 Å². The van der Waals surface area contributed by atoms with E-state index in [4.69, 9.17) is 16.3 Å². The molecule has 0 saturated heterocycles. The van der Waals surface area contributed by atoms with E-state index in [-0.39, 0.29) is 0 Å². The van der Waals surface area contributed by atoms with Crippen molar-refractivity contribution >= 4 is 17.7 Å². The number of benzene rings is 1. The van der Waals surface area contributed by atoms with E-state index in [0.717, 1.165) is 30.3 Å². The van der Waals surface area contributed by atoms with Crippen LogP contribution in [0.3, 0.4) is 0 Å². The highest BCUT2D eigenvalue weighted by molar-refractivity contribution is 6.32. The van der Waals surface area contributed by atoms with Gasteiger partial charge in [0.25, 0.3) is 0 Å². The molecule has 1 N–H and O–H groups in total. The average molecular weight is 308 g/mol. The fourth-order valence-electron chi connectivity index (χ4n) is 2.99. The molecule has 0 radical (unpaired) electrons. The Bertz CT molecular complexity index is 452. The monoisotopic (exact) mass is 307 g/mol. The molecule has 0 aromatic heterocycles. The molecule has 0 unspecified atom stereocenters. The standard InChI is InChI=1S/C18H26ClNO/c1-21-12-11-20-14-17(15-7-3-2-4-8-15)13-16-9-5-6-10-18(16)19/h5-6,9-10,13,15,20H,2-4,7-8,11-12,14H2,1H3/b17-13-. The summed E-state index contributed by atoms with van der Waals surface area (Å²) >= 11 is 6.31. The summed E-state index contributed by atoms with van der Waals surface area (Å²) in [4.78, 5) is 0. The van der Waals surface area contributed by atoms with Gasteiger partial charge in [-0.05, 0) is 30.4 Å². The van der Waals surface area contributed by atoms with Crippen molar-refractivity contribution in [2.75, 3.05) is 26.8 Å². The minimum absolute atomic E-state index is 0.699. The molecule has 0 bridgehead atoms. The summed E-state index contributed by atoms with van der Waals surface area (Å²) < 4.78 is 5.10.